The van der Waals surface area contributed by atoms with E-state index in [-0.39, 0.29) is 17.4 Å². The summed E-state index contributed by atoms with van der Waals surface area (Å²) >= 11 is 12.0. The van der Waals surface area contributed by atoms with Crippen molar-refractivity contribution in [3.05, 3.63) is 33.8 Å². The second-order valence-corrected chi connectivity index (χ2v) is 6.24. The quantitative estimate of drug-likeness (QED) is 0.837. The van der Waals surface area contributed by atoms with Gasteiger partial charge in [-0.15, -0.1) is 0 Å². The Morgan fingerprint density at radius 2 is 2.05 bits per heavy atom. The predicted molar refractivity (Wildman–Crippen MR) is 78.4 cm³/mol. The van der Waals surface area contributed by atoms with Crippen LogP contribution in [-0.2, 0) is 9.53 Å². The van der Waals surface area contributed by atoms with Crippen molar-refractivity contribution in [2.75, 3.05) is 7.11 Å². The Labute approximate surface area is 124 Å². The van der Waals surface area contributed by atoms with E-state index in [0.717, 1.165) is 5.56 Å². The molecule has 0 amide bonds. The Hall–Kier alpha value is -0.770. The molecule has 0 aromatic heterocycles. The highest BCUT2D eigenvalue weighted by atomic mass is 35.5. The molecule has 3 nitrogen and oxygen atoms in total. The number of halogens is 2. The van der Waals surface area contributed by atoms with Gasteiger partial charge in [0.05, 0.1) is 13.5 Å². The molecule has 19 heavy (non-hydrogen) atoms. The van der Waals surface area contributed by atoms with Gasteiger partial charge in [-0.25, -0.2) is 0 Å². The van der Waals surface area contributed by atoms with Crippen molar-refractivity contribution in [2.24, 2.45) is 11.1 Å². The largest absolute Gasteiger partial charge is 0.469 e. The van der Waals surface area contributed by atoms with Crippen LogP contribution in [0.3, 0.4) is 0 Å². The molecule has 0 spiro atoms. The van der Waals surface area contributed by atoms with Crippen LogP contribution in [0.5, 0.6) is 0 Å². The minimum Gasteiger partial charge on any atom is -0.469 e. The van der Waals surface area contributed by atoms with E-state index in [2.05, 4.69) is 4.74 Å². The Morgan fingerprint density at radius 1 is 1.42 bits per heavy atom. The minimum absolute atomic E-state index is 0.237. The van der Waals surface area contributed by atoms with Gasteiger partial charge < -0.3 is 10.5 Å². The highest BCUT2D eigenvalue weighted by Crippen LogP contribution is 2.35. The predicted octanol–water partition coefficient (Wildman–Crippen LogP) is 3.97. The number of carbonyl (C=O) groups is 1. The van der Waals surface area contributed by atoms with Gasteiger partial charge in [0.15, 0.2) is 0 Å². The van der Waals surface area contributed by atoms with Crippen LogP contribution >= 0.6 is 23.2 Å². The average Bonchev–Trinajstić information content (AvgIpc) is 2.26. The number of methoxy groups -OCH3 is 1. The summed E-state index contributed by atoms with van der Waals surface area (Å²) in [6.45, 7) is 3.96. The zero-order valence-corrected chi connectivity index (χ0v) is 12.9. The summed E-state index contributed by atoms with van der Waals surface area (Å²) in [6.07, 6.45) is 0.950. The van der Waals surface area contributed by atoms with Crippen molar-refractivity contribution in [1.82, 2.24) is 0 Å². The van der Waals surface area contributed by atoms with Crippen LogP contribution in [0.25, 0.3) is 0 Å². The number of benzene rings is 1. The number of hydrogen-bond donors (Lipinski definition) is 1. The van der Waals surface area contributed by atoms with E-state index >= 15 is 0 Å². The Kier molecular flexibility index (Phi) is 5.65. The van der Waals surface area contributed by atoms with Crippen molar-refractivity contribution in [1.29, 1.82) is 0 Å². The van der Waals surface area contributed by atoms with Crippen LogP contribution in [0.1, 0.15) is 38.3 Å². The summed E-state index contributed by atoms with van der Waals surface area (Å²) < 4.78 is 4.69. The summed E-state index contributed by atoms with van der Waals surface area (Å²) in [5, 5.41) is 1.13. The number of carbonyl (C=O) groups excluding carboxylic acids is 1. The van der Waals surface area contributed by atoms with Crippen LogP contribution in [0, 0.1) is 5.41 Å². The van der Waals surface area contributed by atoms with Crippen LogP contribution in [0.15, 0.2) is 18.2 Å². The first-order valence-electron chi connectivity index (χ1n) is 6.02. The lowest BCUT2D eigenvalue weighted by molar-refractivity contribution is -0.143. The second kappa shape index (κ2) is 6.60. The smallest absolute Gasteiger partial charge is 0.306 e. The molecular formula is C14H19Cl2NO2. The summed E-state index contributed by atoms with van der Waals surface area (Å²) in [5.74, 6) is -0.237. The molecule has 106 valence electrons. The molecule has 0 bridgehead atoms. The van der Waals surface area contributed by atoms with Crippen molar-refractivity contribution < 1.29 is 9.53 Å². The summed E-state index contributed by atoms with van der Waals surface area (Å²) in [5.41, 5.74) is 6.75. The molecule has 0 fully saturated rings. The third kappa shape index (κ3) is 5.01. The highest BCUT2D eigenvalue weighted by molar-refractivity contribution is 6.35. The molecule has 5 heteroatoms. The van der Waals surface area contributed by atoms with Crippen LogP contribution in [0.4, 0.5) is 0 Å². The number of hydrogen-bond acceptors (Lipinski definition) is 3. The molecule has 1 aromatic rings. The average molecular weight is 304 g/mol. The third-order valence-electron chi connectivity index (χ3n) is 2.99. The molecule has 1 atom stereocenters. The number of rotatable bonds is 5. The normalized spacial score (nSPS) is 13.2. The van der Waals surface area contributed by atoms with Gasteiger partial charge in [-0.3, -0.25) is 4.79 Å². The van der Waals surface area contributed by atoms with E-state index in [0.29, 0.717) is 22.9 Å². The summed E-state index contributed by atoms with van der Waals surface area (Å²) in [6, 6.07) is 5.01. The van der Waals surface area contributed by atoms with Gasteiger partial charge in [-0.1, -0.05) is 43.1 Å². The third-order valence-corrected chi connectivity index (χ3v) is 3.55. The summed E-state index contributed by atoms with van der Waals surface area (Å²) in [7, 11) is 1.38. The zero-order valence-electron chi connectivity index (χ0n) is 11.4. The van der Waals surface area contributed by atoms with Gasteiger partial charge >= 0.3 is 5.97 Å². The monoisotopic (exact) mass is 303 g/mol. The van der Waals surface area contributed by atoms with Crippen molar-refractivity contribution in [3.63, 3.8) is 0 Å². The fourth-order valence-corrected chi connectivity index (χ4v) is 2.59. The van der Waals surface area contributed by atoms with E-state index in [9.17, 15) is 4.79 Å². The van der Waals surface area contributed by atoms with Crippen molar-refractivity contribution in [2.45, 2.75) is 32.7 Å². The van der Waals surface area contributed by atoms with Gasteiger partial charge in [-0.2, -0.15) is 0 Å². The molecule has 1 unspecified atom stereocenters. The lowest BCUT2D eigenvalue weighted by Crippen LogP contribution is -2.24. The fraction of sp³-hybridized carbons (Fsp3) is 0.500. The van der Waals surface area contributed by atoms with Gasteiger partial charge in [0.1, 0.15) is 0 Å². The number of esters is 1. The maximum atomic E-state index is 11.4. The first-order chi connectivity index (χ1) is 8.75. The van der Waals surface area contributed by atoms with Crippen molar-refractivity contribution >= 4 is 29.2 Å². The van der Waals surface area contributed by atoms with E-state index < -0.39 is 0 Å². The molecule has 1 rings (SSSR count). The lowest BCUT2D eigenvalue weighted by atomic mass is 9.81. The standard InChI is InChI=1S/C14H19Cl2NO2/c1-14(2,8-13(18)19-3)7-12(17)10-5-4-9(15)6-11(10)16/h4-6,12H,7-8,17H2,1-3H3. The topological polar surface area (TPSA) is 52.3 Å². The molecule has 1 aromatic carbocycles. The van der Waals surface area contributed by atoms with Crippen LogP contribution in [-0.4, -0.2) is 13.1 Å². The van der Waals surface area contributed by atoms with E-state index in [1.165, 1.54) is 7.11 Å². The molecule has 0 radical (unpaired) electrons. The van der Waals surface area contributed by atoms with Gasteiger partial charge in [0, 0.05) is 16.1 Å². The maximum absolute atomic E-state index is 11.4. The number of nitrogens with two attached hydrogens (primary N) is 1. The molecule has 0 saturated heterocycles. The van der Waals surface area contributed by atoms with Gasteiger partial charge in [0.25, 0.3) is 0 Å². The van der Waals surface area contributed by atoms with E-state index in [1.54, 1.807) is 12.1 Å². The van der Waals surface area contributed by atoms with Gasteiger partial charge in [-0.05, 0) is 29.5 Å². The molecule has 2 N–H and O–H groups in total. The van der Waals surface area contributed by atoms with Crippen LogP contribution < -0.4 is 5.73 Å². The molecular weight excluding hydrogens is 285 g/mol. The molecule has 0 saturated carbocycles. The Bertz CT molecular complexity index is 461. The maximum Gasteiger partial charge on any atom is 0.306 e. The lowest BCUT2D eigenvalue weighted by Gasteiger charge is -2.27. The van der Waals surface area contributed by atoms with E-state index in [4.69, 9.17) is 28.9 Å². The SMILES string of the molecule is COC(=O)CC(C)(C)CC(N)c1ccc(Cl)cc1Cl. The minimum atomic E-state index is -0.254. The fourth-order valence-electron chi connectivity index (χ4n) is 2.04. The first-order valence-corrected chi connectivity index (χ1v) is 6.78. The number of ether oxygens (including phenoxy) is 1. The molecule has 0 aliphatic rings. The Balaban J connectivity index is 2.78. The second-order valence-electron chi connectivity index (χ2n) is 5.39. The summed E-state index contributed by atoms with van der Waals surface area (Å²) in [4.78, 5) is 11.4. The first kappa shape index (κ1) is 16.3. The molecule has 0 aliphatic heterocycles. The van der Waals surface area contributed by atoms with Gasteiger partial charge in [0.2, 0.25) is 0 Å². The zero-order chi connectivity index (χ0) is 14.6. The molecule has 0 heterocycles. The Morgan fingerprint density at radius 3 is 2.58 bits per heavy atom. The van der Waals surface area contributed by atoms with Crippen molar-refractivity contribution in [3.8, 4) is 0 Å². The van der Waals surface area contributed by atoms with Crippen LogP contribution in [0.2, 0.25) is 10.0 Å². The van der Waals surface area contributed by atoms with E-state index in [1.807, 2.05) is 19.9 Å². The highest BCUT2D eigenvalue weighted by Gasteiger charge is 2.26. The molecule has 0 aliphatic carbocycles.